The fourth-order valence-corrected chi connectivity index (χ4v) is 4.78. The van der Waals surface area contributed by atoms with Gasteiger partial charge in [0.15, 0.2) is 0 Å². The molecule has 0 saturated carbocycles. The molecule has 2 aliphatic heterocycles. The summed E-state index contributed by atoms with van der Waals surface area (Å²) in [5.74, 6) is 0.486. The van der Waals surface area contributed by atoms with E-state index in [1.807, 2.05) is 30.0 Å². The van der Waals surface area contributed by atoms with Gasteiger partial charge in [0.1, 0.15) is 5.82 Å². The topological polar surface area (TPSA) is 60.9 Å². The Morgan fingerprint density at radius 1 is 1.03 bits per heavy atom. The minimum atomic E-state index is -4.39. The van der Waals surface area contributed by atoms with Crippen molar-refractivity contribution in [3.63, 3.8) is 0 Å². The molecule has 0 aliphatic carbocycles. The summed E-state index contributed by atoms with van der Waals surface area (Å²) in [4.78, 5) is 23.2. The van der Waals surface area contributed by atoms with Gasteiger partial charge in [0.05, 0.1) is 31.4 Å². The molecular formula is C25H32F3N5O2. The van der Waals surface area contributed by atoms with Crippen LogP contribution in [0, 0.1) is 0 Å². The Balaban J connectivity index is 1.29. The first-order valence-electron chi connectivity index (χ1n) is 12.0. The van der Waals surface area contributed by atoms with Crippen LogP contribution in [0.4, 0.5) is 19.0 Å². The molecule has 3 heterocycles. The van der Waals surface area contributed by atoms with Gasteiger partial charge in [-0.15, -0.1) is 0 Å². The Kier molecular flexibility index (Phi) is 8.25. The van der Waals surface area contributed by atoms with Crippen molar-refractivity contribution in [3.05, 3.63) is 59.8 Å². The number of aromatic nitrogens is 1. The number of hydrogen-bond donors (Lipinski definition) is 1. The molecule has 1 amide bonds. The van der Waals surface area contributed by atoms with Crippen molar-refractivity contribution in [1.29, 1.82) is 0 Å². The molecule has 0 spiro atoms. The molecule has 190 valence electrons. The van der Waals surface area contributed by atoms with Crippen LogP contribution in [0.2, 0.25) is 0 Å². The van der Waals surface area contributed by atoms with E-state index >= 15 is 0 Å². The average Bonchev–Trinajstić information content (AvgIpc) is 2.85. The van der Waals surface area contributed by atoms with Crippen LogP contribution < -0.4 is 10.2 Å². The number of halogens is 3. The fraction of sp³-hybridized carbons (Fsp3) is 0.520. The molecule has 0 bridgehead atoms. The Morgan fingerprint density at radius 3 is 2.31 bits per heavy atom. The van der Waals surface area contributed by atoms with Crippen molar-refractivity contribution in [3.8, 4) is 0 Å². The first-order valence-corrected chi connectivity index (χ1v) is 12.0. The van der Waals surface area contributed by atoms with Crippen LogP contribution in [0.15, 0.2) is 48.7 Å². The number of pyridine rings is 1. The summed E-state index contributed by atoms with van der Waals surface area (Å²) in [6.07, 6.45) is -3.52. The zero-order chi connectivity index (χ0) is 24.8. The lowest BCUT2D eigenvalue weighted by molar-refractivity contribution is -0.137. The molecule has 1 aromatic carbocycles. The Hall–Kier alpha value is -2.69. The number of rotatable bonds is 7. The minimum absolute atomic E-state index is 0.0344. The summed E-state index contributed by atoms with van der Waals surface area (Å²) in [6, 6.07) is 12.7. The third kappa shape index (κ3) is 6.71. The molecule has 7 nitrogen and oxygen atoms in total. The lowest BCUT2D eigenvalue weighted by atomic mass is 9.98. The number of nitrogens with zero attached hydrogens (tertiary/aromatic N) is 4. The maximum Gasteiger partial charge on any atom is 0.417 e. The highest BCUT2D eigenvalue weighted by Gasteiger charge is 2.32. The standard InChI is InChI=1S/C25H32F3N5O2/c1-19(24(20-5-3-2-4-6-20)33-13-15-35-16-14-33)30-23(34)18-31-9-11-32(12-10-31)22-8-7-21(17-29-22)25(26,27)28/h2-8,17,19,24H,9-16,18H2,1H3,(H,30,34)/t19-,24-/m1/s1. The first-order chi connectivity index (χ1) is 16.8. The average molecular weight is 492 g/mol. The quantitative estimate of drug-likeness (QED) is 0.643. The number of morpholine rings is 1. The second-order valence-electron chi connectivity index (χ2n) is 9.03. The second-order valence-corrected chi connectivity index (χ2v) is 9.03. The van der Waals surface area contributed by atoms with Gasteiger partial charge in [0.25, 0.3) is 0 Å². The lowest BCUT2D eigenvalue weighted by Gasteiger charge is -2.39. The van der Waals surface area contributed by atoms with Crippen molar-refractivity contribution in [2.75, 3.05) is 63.9 Å². The Morgan fingerprint density at radius 2 is 1.71 bits per heavy atom. The summed E-state index contributed by atoms with van der Waals surface area (Å²) in [6.45, 7) is 7.79. The number of piperazine rings is 1. The SMILES string of the molecule is C[C@@H](NC(=O)CN1CCN(c2ccc(C(F)(F)F)cn2)CC1)[C@H](c1ccccc1)N1CCOCC1. The number of alkyl halides is 3. The summed E-state index contributed by atoms with van der Waals surface area (Å²) in [7, 11) is 0. The molecule has 2 aromatic rings. The van der Waals surface area contributed by atoms with E-state index in [9.17, 15) is 18.0 Å². The number of amides is 1. The van der Waals surface area contributed by atoms with Crippen LogP contribution >= 0.6 is 0 Å². The van der Waals surface area contributed by atoms with Crippen LogP contribution in [0.5, 0.6) is 0 Å². The van der Waals surface area contributed by atoms with Gasteiger partial charge in [-0.05, 0) is 24.6 Å². The van der Waals surface area contributed by atoms with E-state index in [0.29, 0.717) is 45.2 Å². The van der Waals surface area contributed by atoms with E-state index in [-0.39, 0.29) is 24.5 Å². The van der Waals surface area contributed by atoms with Gasteiger partial charge in [-0.1, -0.05) is 30.3 Å². The van der Waals surface area contributed by atoms with Gasteiger partial charge in [-0.3, -0.25) is 14.6 Å². The predicted octanol–water partition coefficient (Wildman–Crippen LogP) is 2.80. The van der Waals surface area contributed by atoms with E-state index in [4.69, 9.17) is 4.74 Å². The van der Waals surface area contributed by atoms with E-state index in [2.05, 4.69) is 32.2 Å². The van der Waals surface area contributed by atoms with Crippen LogP contribution in [0.3, 0.4) is 0 Å². The molecule has 10 heteroatoms. The van der Waals surface area contributed by atoms with Gasteiger partial charge >= 0.3 is 6.18 Å². The second kappa shape index (κ2) is 11.4. The van der Waals surface area contributed by atoms with E-state index < -0.39 is 11.7 Å². The third-order valence-electron chi connectivity index (χ3n) is 6.58. The van der Waals surface area contributed by atoms with E-state index in [1.54, 1.807) is 0 Å². The highest BCUT2D eigenvalue weighted by Crippen LogP contribution is 2.29. The maximum atomic E-state index is 12.9. The molecule has 35 heavy (non-hydrogen) atoms. The number of hydrogen-bond acceptors (Lipinski definition) is 6. The number of benzene rings is 1. The first kappa shape index (κ1) is 25.4. The maximum absolute atomic E-state index is 12.9. The van der Waals surface area contributed by atoms with Crippen molar-refractivity contribution in [2.24, 2.45) is 0 Å². The number of ether oxygens (including phenoxy) is 1. The number of nitrogens with one attached hydrogen (secondary N) is 1. The predicted molar refractivity (Wildman–Crippen MR) is 127 cm³/mol. The van der Waals surface area contributed by atoms with Gasteiger partial charge in [-0.25, -0.2) is 4.98 Å². The summed E-state index contributed by atoms with van der Waals surface area (Å²) in [5, 5.41) is 3.19. The number of anilines is 1. The summed E-state index contributed by atoms with van der Waals surface area (Å²) >= 11 is 0. The van der Waals surface area contributed by atoms with E-state index in [1.165, 1.54) is 11.6 Å². The van der Waals surface area contributed by atoms with Crippen molar-refractivity contribution < 1.29 is 22.7 Å². The zero-order valence-electron chi connectivity index (χ0n) is 19.9. The van der Waals surface area contributed by atoms with Crippen molar-refractivity contribution >= 4 is 11.7 Å². The summed E-state index contributed by atoms with van der Waals surface area (Å²) in [5.41, 5.74) is 0.413. The van der Waals surface area contributed by atoms with Gasteiger partial charge < -0.3 is 15.0 Å². The highest BCUT2D eigenvalue weighted by atomic mass is 19.4. The Labute approximate surface area is 203 Å². The third-order valence-corrected chi connectivity index (χ3v) is 6.58. The summed E-state index contributed by atoms with van der Waals surface area (Å²) < 4.78 is 43.8. The molecular weight excluding hydrogens is 459 g/mol. The van der Waals surface area contributed by atoms with Crippen LogP contribution in [0.25, 0.3) is 0 Å². The number of carbonyl (C=O) groups is 1. The van der Waals surface area contributed by atoms with Crippen LogP contribution in [-0.2, 0) is 15.7 Å². The van der Waals surface area contributed by atoms with Gasteiger partial charge in [0, 0.05) is 51.5 Å². The smallest absolute Gasteiger partial charge is 0.379 e. The molecule has 2 atom stereocenters. The molecule has 2 saturated heterocycles. The molecule has 4 rings (SSSR count). The zero-order valence-corrected chi connectivity index (χ0v) is 19.9. The molecule has 1 aromatic heterocycles. The van der Waals surface area contributed by atoms with Crippen LogP contribution in [0.1, 0.15) is 24.1 Å². The number of carbonyl (C=O) groups excluding carboxylic acids is 1. The molecule has 2 fully saturated rings. The molecule has 0 radical (unpaired) electrons. The highest BCUT2D eigenvalue weighted by molar-refractivity contribution is 5.78. The van der Waals surface area contributed by atoms with Crippen LogP contribution in [-0.4, -0.2) is 85.8 Å². The largest absolute Gasteiger partial charge is 0.417 e. The van der Waals surface area contributed by atoms with Gasteiger partial charge in [-0.2, -0.15) is 13.2 Å². The Bertz CT molecular complexity index is 944. The van der Waals surface area contributed by atoms with Crippen molar-refractivity contribution in [2.45, 2.75) is 25.2 Å². The fourth-order valence-electron chi connectivity index (χ4n) is 4.78. The minimum Gasteiger partial charge on any atom is -0.379 e. The molecule has 2 aliphatic rings. The van der Waals surface area contributed by atoms with Crippen molar-refractivity contribution in [1.82, 2.24) is 20.1 Å². The normalized spacial score (nSPS) is 19.8. The molecule has 0 unspecified atom stereocenters. The monoisotopic (exact) mass is 491 g/mol. The molecule has 1 N–H and O–H groups in total. The van der Waals surface area contributed by atoms with E-state index in [0.717, 1.165) is 25.4 Å². The lowest BCUT2D eigenvalue weighted by Crippen LogP contribution is -2.52. The van der Waals surface area contributed by atoms with Gasteiger partial charge in [0.2, 0.25) is 5.91 Å².